The lowest BCUT2D eigenvalue weighted by molar-refractivity contribution is -0.120. The molecule has 0 saturated heterocycles. The number of methoxy groups -OCH3 is 3. The number of carbonyl (C=O) groups excluding carboxylic acids is 1. The SMILES string of the molecule is COc1cc(CNC(=O)CCSc2ccc(C)cc2)cc(OC)c1OC. The highest BCUT2D eigenvalue weighted by atomic mass is 32.2. The number of thioether (sulfide) groups is 1. The molecule has 0 aliphatic heterocycles. The first-order valence-corrected chi connectivity index (χ1v) is 9.31. The maximum atomic E-state index is 12.1. The van der Waals surface area contributed by atoms with Crippen LogP contribution in [0.2, 0.25) is 0 Å². The second-order valence-corrected chi connectivity index (χ2v) is 6.89. The van der Waals surface area contributed by atoms with Crippen molar-refractivity contribution in [3.05, 3.63) is 47.5 Å². The van der Waals surface area contributed by atoms with Crippen molar-refractivity contribution >= 4 is 17.7 Å². The molecule has 6 heteroatoms. The molecule has 5 nitrogen and oxygen atoms in total. The average Bonchev–Trinajstić information content (AvgIpc) is 2.66. The molecule has 0 aliphatic rings. The normalized spacial score (nSPS) is 10.3. The molecule has 0 radical (unpaired) electrons. The van der Waals surface area contributed by atoms with Crippen LogP contribution in [0.25, 0.3) is 0 Å². The van der Waals surface area contributed by atoms with E-state index in [4.69, 9.17) is 14.2 Å². The maximum absolute atomic E-state index is 12.1. The molecule has 0 spiro atoms. The lowest BCUT2D eigenvalue weighted by Crippen LogP contribution is -2.23. The van der Waals surface area contributed by atoms with Crippen molar-refractivity contribution in [1.82, 2.24) is 5.32 Å². The zero-order valence-electron chi connectivity index (χ0n) is 15.6. The lowest BCUT2D eigenvalue weighted by Gasteiger charge is -2.14. The number of aryl methyl sites for hydroxylation is 1. The third-order valence-corrected chi connectivity index (χ3v) is 4.85. The van der Waals surface area contributed by atoms with E-state index in [0.717, 1.165) is 11.3 Å². The summed E-state index contributed by atoms with van der Waals surface area (Å²) < 4.78 is 16.0. The molecule has 26 heavy (non-hydrogen) atoms. The van der Waals surface area contributed by atoms with E-state index in [2.05, 4.69) is 36.5 Å². The Bertz CT molecular complexity index is 706. The van der Waals surface area contributed by atoms with Crippen LogP contribution in [0.15, 0.2) is 41.3 Å². The fraction of sp³-hybridized carbons (Fsp3) is 0.350. The fourth-order valence-electron chi connectivity index (χ4n) is 2.42. The van der Waals surface area contributed by atoms with Gasteiger partial charge in [0, 0.05) is 23.6 Å². The first-order valence-electron chi connectivity index (χ1n) is 8.32. The monoisotopic (exact) mass is 375 g/mol. The summed E-state index contributed by atoms with van der Waals surface area (Å²) in [4.78, 5) is 13.3. The van der Waals surface area contributed by atoms with E-state index in [9.17, 15) is 4.79 Å². The number of hydrogen-bond donors (Lipinski definition) is 1. The molecule has 0 saturated carbocycles. The first kappa shape index (κ1) is 20.0. The Morgan fingerprint density at radius 2 is 1.62 bits per heavy atom. The smallest absolute Gasteiger partial charge is 0.221 e. The Balaban J connectivity index is 1.85. The van der Waals surface area contributed by atoms with E-state index in [0.29, 0.717) is 30.2 Å². The molecule has 0 aromatic heterocycles. The van der Waals surface area contributed by atoms with Gasteiger partial charge in [-0.2, -0.15) is 0 Å². The predicted octanol–water partition coefficient (Wildman–Crippen LogP) is 3.82. The number of rotatable bonds is 9. The molecule has 2 rings (SSSR count). The summed E-state index contributed by atoms with van der Waals surface area (Å²) in [5, 5.41) is 2.93. The van der Waals surface area contributed by atoms with Gasteiger partial charge in [0.25, 0.3) is 0 Å². The van der Waals surface area contributed by atoms with E-state index in [1.165, 1.54) is 10.5 Å². The van der Waals surface area contributed by atoms with Crippen LogP contribution in [0.4, 0.5) is 0 Å². The van der Waals surface area contributed by atoms with Crippen LogP contribution in [0.5, 0.6) is 17.2 Å². The molecule has 1 N–H and O–H groups in total. The topological polar surface area (TPSA) is 56.8 Å². The molecule has 1 amide bonds. The highest BCUT2D eigenvalue weighted by Gasteiger charge is 2.13. The van der Waals surface area contributed by atoms with Crippen molar-refractivity contribution in [2.45, 2.75) is 24.8 Å². The maximum Gasteiger partial charge on any atom is 0.221 e. The van der Waals surface area contributed by atoms with Crippen molar-refractivity contribution in [2.24, 2.45) is 0 Å². The van der Waals surface area contributed by atoms with Crippen LogP contribution in [-0.2, 0) is 11.3 Å². The molecule has 0 atom stereocenters. The average molecular weight is 375 g/mol. The quantitative estimate of drug-likeness (QED) is 0.675. The number of ether oxygens (including phenoxy) is 3. The summed E-state index contributed by atoms with van der Waals surface area (Å²) in [7, 11) is 4.71. The summed E-state index contributed by atoms with van der Waals surface area (Å²) in [5.74, 6) is 2.44. The number of carbonyl (C=O) groups is 1. The van der Waals surface area contributed by atoms with Crippen molar-refractivity contribution in [2.75, 3.05) is 27.1 Å². The van der Waals surface area contributed by atoms with Gasteiger partial charge in [-0.15, -0.1) is 11.8 Å². The second-order valence-electron chi connectivity index (χ2n) is 5.72. The predicted molar refractivity (Wildman–Crippen MR) is 104 cm³/mol. The van der Waals surface area contributed by atoms with Crippen LogP contribution in [0.3, 0.4) is 0 Å². The van der Waals surface area contributed by atoms with Crippen molar-refractivity contribution in [3.63, 3.8) is 0 Å². The van der Waals surface area contributed by atoms with E-state index in [1.54, 1.807) is 33.1 Å². The highest BCUT2D eigenvalue weighted by Crippen LogP contribution is 2.38. The number of nitrogens with one attached hydrogen (secondary N) is 1. The first-order chi connectivity index (χ1) is 12.6. The number of benzene rings is 2. The summed E-state index contributed by atoms with van der Waals surface area (Å²) in [6.07, 6.45) is 0.461. The van der Waals surface area contributed by atoms with E-state index >= 15 is 0 Å². The van der Waals surface area contributed by atoms with E-state index in [1.807, 2.05) is 12.1 Å². The molecule has 2 aromatic carbocycles. The summed E-state index contributed by atoms with van der Waals surface area (Å²) >= 11 is 1.68. The van der Waals surface area contributed by atoms with Crippen molar-refractivity contribution in [3.8, 4) is 17.2 Å². The molecule has 2 aromatic rings. The minimum absolute atomic E-state index is 0.0124. The molecular weight excluding hydrogens is 350 g/mol. The largest absolute Gasteiger partial charge is 0.493 e. The zero-order chi connectivity index (χ0) is 18.9. The fourth-order valence-corrected chi connectivity index (χ4v) is 3.27. The van der Waals surface area contributed by atoms with Gasteiger partial charge in [-0.05, 0) is 36.8 Å². The van der Waals surface area contributed by atoms with Gasteiger partial charge in [0.2, 0.25) is 11.7 Å². The molecule has 0 bridgehead atoms. The van der Waals surface area contributed by atoms with Gasteiger partial charge in [0.05, 0.1) is 21.3 Å². The van der Waals surface area contributed by atoms with E-state index in [-0.39, 0.29) is 5.91 Å². The molecule has 0 aliphatic carbocycles. The second kappa shape index (κ2) is 9.97. The van der Waals surface area contributed by atoms with Gasteiger partial charge >= 0.3 is 0 Å². The number of amides is 1. The Hall–Kier alpha value is -2.34. The molecular formula is C20H25NO4S. The van der Waals surface area contributed by atoms with Gasteiger partial charge < -0.3 is 19.5 Å². The Labute approximate surface area is 159 Å². The van der Waals surface area contributed by atoms with Gasteiger partial charge in [-0.1, -0.05) is 17.7 Å². The Kier molecular flexibility index (Phi) is 7.66. The summed E-state index contributed by atoms with van der Waals surface area (Å²) in [5.41, 5.74) is 2.12. The highest BCUT2D eigenvalue weighted by molar-refractivity contribution is 7.99. The van der Waals surface area contributed by atoms with Gasteiger partial charge in [-0.3, -0.25) is 4.79 Å². The minimum Gasteiger partial charge on any atom is -0.493 e. The number of hydrogen-bond acceptors (Lipinski definition) is 5. The third-order valence-electron chi connectivity index (χ3n) is 3.83. The van der Waals surface area contributed by atoms with Crippen LogP contribution in [-0.4, -0.2) is 33.0 Å². The van der Waals surface area contributed by atoms with Crippen LogP contribution < -0.4 is 19.5 Å². The Morgan fingerprint density at radius 3 is 2.15 bits per heavy atom. The third kappa shape index (κ3) is 5.59. The molecule has 140 valence electrons. The standard InChI is InChI=1S/C20H25NO4S/c1-14-5-7-16(8-6-14)26-10-9-19(22)21-13-15-11-17(23-2)20(25-4)18(12-15)24-3/h5-8,11-12H,9-10,13H2,1-4H3,(H,21,22). The van der Waals surface area contributed by atoms with Crippen LogP contribution >= 0.6 is 11.8 Å². The molecule has 0 unspecified atom stereocenters. The minimum atomic E-state index is 0.0124. The summed E-state index contributed by atoms with van der Waals surface area (Å²) in [6.45, 7) is 2.47. The van der Waals surface area contributed by atoms with E-state index < -0.39 is 0 Å². The Morgan fingerprint density at radius 1 is 1.00 bits per heavy atom. The van der Waals surface area contributed by atoms with Crippen molar-refractivity contribution < 1.29 is 19.0 Å². The lowest BCUT2D eigenvalue weighted by atomic mass is 10.1. The van der Waals surface area contributed by atoms with Crippen molar-refractivity contribution in [1.29, 1.82) is 0 Å². The summed E-state index contributed by atoms with van der Waals surface area (Å²) in [6, 6.07) is 12.0. The molecule has 0 heterocycles. The van der Waals surface area contributed by atoms with Gasteiger partial charge in [0.15, 0.2) is 11.5 Å². The van der Waals surface area contributed by atoms with Crippen LogP contribution in [0, 0.1) is 6.92 Å². The van der Waals surface area contributed by atoms with Gasteiger partial charge in [-0.25, -0.2) is 0 Å². The van der Waals surface area contributed by atoms with Crippen LogP contribution in [0.1, 0.15) is 17.5 Å². The van der Waals surface area contributed by atoms with Gasteiger partial charge in [0.1, 0.15) is 0 Å². The molecule has 0 fully saturated rings. The zero-order valence-corrected chi connectivity index (χ0v) is 16.4.